The number of likely N-dealkylation sites (N-methyl/N-ethyl adjacent to an activating group) is 1. The number of benzene rings is 1. The number of hydrogen-bond acceptors (Lipinski definition) is 4. The zero-order valence-corrected chi connectivity index (χ0v) is 12.4. The number of aromatic nitrogens is 1. The lowest BCUT2D eigenvalue weighted by Gasteiger charge is -2.16. The standard InChI is InChI=1S/C16H17N3O3/c1-19(16(21)12-4-3-9-17-10-12)11-15(20)18-13-5-7-14(22-2)8-6-13/h3-10H,11H2,1-2H3,(H,18,20). The largest absolute Gasteiger partial charge is 0.497 e. The van der Waals surface area contributed by atoms with Crippen LogP contribution in [-0.4, -0.2) is 42.4 Å². The van der Waals surface area contributed by atoms with E-state index < -0.39 is 0 Å². The van der Waals surface area contributed by atoms with Gasteiger partial charge >= 0.3 is 0 Å². The maximum atomic E-state index is 12.1. The van der Waals surface area contributed by atoms with Crippen LogP contribution in [-0.2, 0) is 4.79 Å². The lowest BCUT2D eigenvalue weighted by atomic mass is 10.2. The van der Waals surface area contributed by atoms with E-state index in [1.54, 1.807) is 56.8 Å². The Morgan fingerprint density at radius 2 is 1.95 bits per heavy atom. The van der Waals surface area contributed by atoms with Crippen molar-refractivity contribution in [2.75, 3.05) is 26.0 Å². The van der Waals surface area contributed by atoms with Gasteiger partial charge < -0.3 is 15.0 Å². The molecule has 1 aromatic heterocycles. The van der Waals surface area contributed by atoms with Crippen LogP contribution >= 0.6 is 0 Å². The van der Waals surface area contributed by atoms with Crippen molar-refractivity contribution in [1.29, 1.82) is 0 Å². The number of ether oxygens (including phenoxy) is 1. The summed E-state index contributed by atoms with van der Waals surface area (Å²) in [6, 6.07) is 10.3. The molecule has 0 aliphatic carbocycles. The Hall–Kier alpha value is -2.89. The molecule has 1 aromatic carbocycles. The molecule has 0 saturated heterocycles. The fourth-order valence-electron chi connectivity index (χ4n) is 1.87. The minimum Gasteiger partial charge on any atom is -0.497 e. The van der Waals surface area contributed by atoms with Gasteiger partial charge in [0.25, 0.3) is 5.91 Å². The van der Waals surface area contributed by atoms with Gasteiger partial charge in [-0.1, -0.05) is 0 Å². The van der Waals surface area contributed by atoms with E-state index in [2.05, 4.69) is 10.3 Å². The zero-order chi connectivity index (χ0) is 15.9. The molecule has 0 aliphatic rings. The smallest absolute Gasteiger partial charge is 0.255 e. The summed E-state index contributed by atoms with van der Waals surface area (Å²) >= 11 is 0. The van der Waals surface area contributed by atoms with Gasteiger partial charge in [0.2, 0.25) is 5.91 Å². The Kier molecular flexibility index (Phi) is 5.08. The molecule has 0 fully saturated rings. The average Bonchev–Trinajstić information content (AvgIpc) is 2.55. The van der Waals surface area contributed by atoms with Gasteiger partial charge in [-0.25, -0.2) is 0 Å². The Morgan fingerprint density at radius 1 is 1.23 bits per heavy atom. The second-order valence-electron chi connectivity index (χ2n) is 4.68. The monoisotopic (exact) mass is 299 g/mol. The van der Waals surface area contributed by atoms with Crippen LogP contribution in [0.25, 0.3) is 0 Å². The Bertz CT molecular complexity index is 641. The third-order valence-corrected chi connectivity index (χ3v) is 3.01. The van der Waals surface area contributed by atoms with Crippen LogP contribution in [0.2, 0.25) is 0 Å². The topological polar surface area (TPSA) is 71.5 Å². The number of hydrogen-bond donors (Lipinski definition) is 1. The fraction of sp³-hybridized carbons (Fsp3) is 0.188. The number of pyridine rings is 1. The summed E-state index contributed by atoms with van der Waals surface area (Å²) in [6.07, 6.45) is 3.06. The summed E-state index contributed by atoms with van der Waals surface area (Å²) in [5.74, 6) is 0.185. The summed E-state index contributed by atoms with van der Waals surface area (Å²) in [6.45, 7) is -0.0419. The molecule has 0 aliphatic heterocycles. The van der Waals surface area contributed by atoms with Gasteiger partial charge in [-0.05, 0) is 36.4 Å². The molecular formula is C16H17N3O3. The maximum Gasteiger partial charge on any atom is 0.255 e. The van der Waals surface area contributed by atoms with Crippen molar-refractivity contribution in [3.8, 4) is 5.75 Å². The SMILES string of the molecule is COc1ccc(NC(=O)CN(C)C(=O)c2cccnc2)cc1. The highest BCUT2D eigenvalue weighted by Gasteiger charge is 2.15. The van der Waals surface area contributed by atoms with Crippen LogP contribution in [0.15, 0.2) is 48.8 Å². The average molecular weight is 299 g/mol. The van der Waals surface area contributed by atoms with E-state index in [9.17, 15) is 9.59 Å². The first-order valence-corrected chi connectivity index (χ1v) is 6.69. The molecule has 0 spiro atoms. The summed E-state index contributed by atoms with van der Waals surface area (Å²) in [5, 5.41) is 2.73. The summed E-state index contributed by atoms with van der Waals surface area (Å²) in [4.78, 5) is 29.3. The van der Waals surface area contributed by atoms with E-state index >= 15 is 0 Å². The molecule has 114 valence electrons. The van der Waals surface area contributed by atoms with Gasteiger partial charge in [0.1, 0.15) is 5.75 Å². The second kappa shape index (κ2) is 7.21. The van der Waals surface area contributed by atoms with Crippen molar-refractivity contribution in [3.05, 3.63) is 54.4 Å². The molecule has 6 nitrogen and oxygen atoms in total. The quantitative estimate of drug-likeness (QED) is 0.914. The molecule has 0 atom stereocenters. The number of nitrogens with zero attached hydrogens (tertiary/aromatic N) is 2. The predicted molar refractivity (Wildman–Crippen MR) is 82.8 cm³/mol. The Balaban J connectivity index is 1.92. The second-order valence-corrected chi connectivity index (χ2v) is 4.68. The van der Waals surface area contributed by atoms with E-state index in [1.807, 2.05) is 0 Å². The normalized spacial score (nSPS) is 9.91. The van der Waals surface area contributed by atoms with Gasteiger partial charge in [-0.3, -0.25) is 14.6 Å². The van der Waals surface area contributed by atoms with E-state index in [1.165, 1.54) is 11.1 Å². The first-order valence-electron chi connectivity index (χ1n) is 6.69. The molecule has 0 unspecified atom stereocenters. The number of carbonyl (C=O) groups is 2. The van der Waals surface area contributed by atoms with Crippen LogP contribution < -0.4 is 10.1 Å². The minimum absolute atomic E-state index is 0.0419. The highest BCUT2D eigenvalue weighted by molar-refractivity contribution is 5.99. The third kappa shape index (κ3) is 4.05. The number of methoxy groups -OCH3 is 1. The lowest BCUT2D eigenvalue weighted by Crippen LogP contribution is -2.34. The van der Waals surface area contributed by atoms with E-state index in [4.69, 9.17) is 4.74 Å². The minimum atomic E-state index is -0.273. The Morgan fingerprint density at radius 3 is 2.55 bits per heavy atom. The molecule has 1 heterocycles. The van der Waals surface area contributed by atoms with Gasteiger partial charge in [-0.15, -0.1) is 0 Å². The van der Waals surface area contributed by atoms with Crippen molar-refractivity contribution in [2.24, 2.45) is 0 Å². The van der Waals surface area contributed by atoms with E-state index in [0.29, 0.717) is 17.0 Å². The van der Waals surface area contributed by atoms with E-state index in [0.717, 1.165) is 0 Å². The maximum absolute atomic E-state index is 12.1. The number of carbonyl (C=O) groups excluding carboxylic acids is 2. The number of amides is 2. The Labute approximate surface area is 128 Å². The van der Waals surface area contributed by atoms with Crippen molar-refractivity contribution < 1.29 is 14.3 Å². The summed E-state index contributed by atoms with van der Waals surface area (Å²) in [5.41, 5.74) is 1.09. The van der Waals surface area contributed by atoms with Crippen LogP contribution in [0.5, 0.6) is 5.75 Å². The van der Waals surface area contributed by atoms with Crippen molar-refractivity contribution >= 4 is 17.5 Å². The van der Waals surface area contributed by atoms with Crippen molar-refractivity contribution in [3.63, 3.8) is 0 Å². The molecule has 0 bridgehead atoms. The molecule has 0 saturated carbocycles. The molecule has 2 rings (SSSR count). The lowest BCUT2D eigenvalue weighted by molar-refractivity contribution is -0.116. The molecule has 2 aromatic rings. The summed E-state index contributed by atoms with van der Waals surface area (Å²) in [7, 11) is 3.15. The van der Waals surface area contributed by atoms with Crippen molar-refractivity contribution in [2.45, 2.75) is 0 Å². The van der Waals surface area contributed by atoms with Gasteiger partial charge in [-0.2, -0.15) is 0 Å². The third-order valence-electron chi connectivity index (χ3n) is 3.01. The van der Waals surface area contributed by atoms with Crippen LogP contribution in [0.4, 0.5) is 5.69 Å². The van der Waals surface area contributed by atoms with Gasteiger partial charge in [0, 0.05) is 25.1 Å². The molecule has 22 heavy (non-hydrogen) atoms. The highest BCUT2D eigenvalue weighted by atomic mass is 16.5. The van der Waals surface area contributed by atoms with Crippen molar-refractivity contribution in [1.82, 2.24) is 9.88 Å². The van der Waals surface area contributed by atoms with E-state index in [-0.39, 0.29) is 18.4 Å². The number of rotatable bonds is 5. The van der Waals surface area contributed by atoms with Crippen LogP contribution in [0.1, 0.15) is 10.4 Å². The predicted octanol–water partition coefficient (Wildman–Crippen LogP) is 1.80. The molecule has 1 N–H and O–H groups in total. The molecule has 6 heteroatoms. The van der Waals surface area contributed by atoms with Gasteiger partial charge in [0.15, 0.2) is 0 Å². The zero-order valence-electron chi connectivity index (χ0n) is 12.4. The molecule has 2 amide bonds. The fourth-order valence-corrected chi connectivity index (χ4v) is 1.87. The molecule has 0 radical (unpaired) electrons. The first kappa shape index (κ1) is 15.5. The highest BCUT2D eigenvalue weighted by Crippen LogP contribution is 2.14. The van der Waals surface area contributed by atoms with Crippen LogP contribution in [0, 0.1) is 0 Å². The summed E-state index contributed by atoms with van der Waals surface area (Å²) < 4.78 is 5.05. The van der Waals surface area contributed by atoms with Gasteiger partial charge in [0.05, 0.1) is 19.2 Å². The number of anilines is 1. The number of nitrogens with one attached hydrogen (secondary N) is 1. The van der Waals surface area contributed by atoms with Crippen LogP contribution in [0.3, 0.4) is 0 Å². The molecular weight excluding hydrogens is 282 g/mol. The first-order chi connectivity index (χ1) is 10.6.